The van der Waals surface area contributed by atoms with Crippen LogP contribution < -0.4 is 11.1 Å². The summed E-state index contributed by atoms with van der Waals surface area (Å²) in [6, 6.07) is 11.3. The molecule has 6 heteroatoms. The highest BCUT2D eigenvalue weighted by molar-refractivity contribution is 5.86. The Labute approximate surface area is 151 Å². The minimum Gasteiger partial charge on any atom is -0.444 e. The van der Waals surface area contributed by atoms with Crippen LogP contribution in [0.3, 0.4) is 0 Å². The van der Waals surface area contributed by atoms with E-state index in [4.69, 9.17) is 9.15 Å². The maximum absolute atomic E-state index is 11.8. The lowest BCUT2D eigenvalue weighted by Crippen LogP contribution is -2.27. The zero-order chi connectivity index (χ0) is 19.1. The second kappa shape index (κ2) is 6.37. The zero-order valence-electron chi connectivity index (χ0n) is 15.5. The van der Waals surface area contributed by atoms with Crippen LogP contribution in [0.25, 0.3) is 22.2 Å². The third-order valence-electron chi connectivity index (χ3n) is 3.98. The maximum atomic E-state index is 11.8. The van der Waals surface area contributed by atoms with Gasteiger partial charge in [-0.05, 0) is 68.7 Å². The van der Waals surface area contributed by atoms with E-state index >= 15 is 0 Å². The molecule has 0 fully saturated rings. The molecule has 0 aliphatic heterocycles. The van der Waals surface area contributed by atoms with Gasteiger partial charge in [0.25, 0.3) is 0 Å². The van der Waals surface area contributed by atoms with Gasteiger partial charge in [0.2, 0.25) is 0 Å². The lowest BCUT2D eigenvalue weighted by atomic mass is 9.99. The number of rotatable bonds is 2. The van der Waals surface area contributed by atoms with Crippen LogP contribution in [0, 0.1) is 6.92 Å². The molecule has 3 rings (SSSR count). The number of amides is 1. The smallest absolute Gasteiger partial charge is 0.419 e. The number of nitrogens with one attached hydrogen (secondary N) is 1. The largest absolute Gasteiger partial charge is 0.444 e. The Kier molecular flexibility index (Phi) is 4.36. The summed E-state index contributed by atoms with van der Waals surface area (Å²) < 4.78 is 11.9. The number of carbonyl (C=O) groups is 1. The quantitative estimate of drug-likeness (QED) is 0.738. The van der Waals surface area contributed by atoms with Crippen LogP contribution in [0.4, 0.5) is 10.5 Å². The van der Waals surface area contributed by atoms with Gasteiger partial charge in [-0.3, -0.25) is 9.88 Å². The second-order valence-corrected chi connectivity index (χ2v) is 7.27. The molecule has 136 valence electrons. The number of benzene rings is 2. The van der Waals surface area contributed by atoms with E-state index in [2.05, 4.69) is 5.32 Å². The van der Waals surface area contributed by atoms with Gasteiger partial charge in [-0.1, -0.05) is 12.1 Å². The van der Waals surface area contributed by atoms with Gasteiger partial charge in [-0.15, -0.1) is 0 Å². The maximum Gasteiger partial charge on any atom is 0.419 e. The number of ether oxygens (including phenoxy) is 1. The summed E-state index contributed by atoms with van der Waals surface area (Å²) in [4.78, 5) is 23.5. The van der Waals surface area contributed by atoms with Crippen molar-refractivity contribution in [3.63, 3.8) is 0 Å². The van der Waals surface area contributed by atoms with Crippen molar-refractivity contribution < 1.29 is 13.9 Å². The first-order chi connectivity index (χ1) is 12.1. The Morgan fingerprint density at radius 1 is 1.15 bits per heavy atom. The Morgan fingerprint density at radius 2 is 1.81 bits per heavy atom. The summed E-state index contributed by atoms with van der Waals surface area (Å²) >= 11 is 0. The Balaban J connectivity index is 1.88. The fourth-order valence-electron chi connectivity index (χ4n) is 2.74. The van der Waals surface area contributed by atoms with Gasteiger partial charge in [0.1, 0.15) is 5.60 Å². The van der Waals surface area contributed by atoms with Crippen LogP contribution in [0.15, 0.2) is 45.6 Å². The first kappa shape index (κ1) is 17.8. The average Bonchev–Trinajstić information content (AvgIpc) is 2.79. The van der Waals surface area contributed by atoms with E-state index in [9.17, 15) is 9.59 Å². The Morgan fingerprint density at radius 3 is 2.42 bits per heavy atom. The normalized spacial score (nSPS) is 11.6. The molecule has 2 aromatic carbocycles. The van der Waals surface area contributed by atoms with Crippen molar-refractivity contribution >= 4 is 22.9 Å². The third-order valence-corrected chi connectivity index (χ3v) is 3.98. The summed E-state index contributed by atoms with van der Waals surface area (Å²) in [6.45, 7) is 7.42. The molecule has 26 heavy (non-hydrogen) atoms. The molecule has 0 saturated heterocycles. The summed E-state index contributed by atoms with van der Waals surface area (Å²) in [5, 5.41) is 2.71. The van der Waals surface area contributed by atoms with Crippen LogP contribution in [0.2, 0.25) is 0 Å². The minimum atomic E-state index is -0.545. The molecule has 1 N–H and O–H groups in total. The van der Waals surface area contributed by atoms with Crippen LogP contribution in [0.5, 0.6) is 0 Å². The first-order valence-electron chi connectivity index (χ1n) is 8.35. The third kappa shape index (κ3) is 3.64. The van der Waals surface area contributed by atoms with Crippen molar-refractivity contribution in [2.45, 2.75) is 33.3 Å². The molecule has 6 nitrogen and oxygen atoms in total. The fourth-order valence-corrected chi connectivity index (χ4v) is 2.74. The predicted octanol–water partition coefficient (Wildman–Crippen LogP) is 4.45. The topological polar surface area (TPSA) is 73.5 Å². The number of hydrogen-bond donors (Lipinski definition) is 1. The van der Waals surface area contributed by atoms with Crippen LogP contribution in [0.1, 0.15) is 26.3 Å². The number of fused-ring (bicyclic) bond motifs is 1. The number of aryl methyl sites for hydroxylation is 2. The lowest BCUT2D eigenvalue weighted by Gasteiger charge is -2.19. The van der Waals surface area contributed by atoms with Crippen LogP contribution >= 0.6 is 0 Å². The van der Waals surface area contributed by atoms with Crippen molar-refractivity contribution in [3.05, 3.63) is 52.5 Å². The minimum absolute atomic E-state index is 0.381. The Hall–Kier alpha value is -3.02. The molecule has 0 unspecified atom stereocenters. The van der Waals surface area contributed by atoms with Crippen molar-refractivity contribution in [1.82, 2.24) is 4.57 Å². The highest BCUT2D eigenvalue weighted by atomic mass is 16.6. The summed E-state index contributed by atoms with van der Waals surface area (Å²) in [7, 11) is 1.68. The van der Waals surface area contributed by atoms with Gasteiger partial charge in [-0.25, -0.2) is 9.59 Å². The van der Waals surface area contributed by atoms with E-state index in [1.165, 1.54) is 4.57 Å². The van der Waals surface area contributed by atoms with Gasteiger partial charge in [-0.2, -0.15) is 0 Å². The molecule has 0 bridgehead atoms. The average molecular weight is 354 g/mol. The molecular weight excluding hydrogens is 332 g/mol. The number of anilines is 1. The molecule has 1 amide bonds. The number of hydrogen-bond acceptors (Lipinski definition) is 4. The van der Waals surface area contributed by atoms with E-state index in [0.717, 1.165) is 22.2 Å². The van der Waals surface area contributed by atoms with Gasteiger partial charge in [0.15, 0.2) is 5.58 Å². The molecule has 0 saturated carbocycles. The SMILES string of the molecule is Cc1cc2oc(=O)n(C)c2cc1-c1ccc(NC(=O)OC(C)(C)C)cc1. The molecule has 1 aromatic heterocycles. The van der Waals surface area contributed by atoms with E-state index in [-0.39, 0.29) is 5.76 Å². The van der Waals surface area contributed by atoms with Crippen molar-refractivity contribution in [2.75, 3.05) is 5.32 Å². The highest BCUT2D eigenvalue weighted by Crippen LogP contribution is 2.29. The van der Waals surface area contributed by atoms with Gasteiger partial charge >= 0.3 is 11.8 Å². The lowest BCUT2D eigenvalue weighted by molar-refractivity contribution is 0.0636. The van der Waals surface area contributed by atoms with Crippen molar-refractivity contribution in [3.8, 4) is 11.1 Å². The predicted molar refractivity (Wildman–Crippen MR) is 101 cm³/mol. The molecule has 0 spiro atoms. The molecule has 3 aromatic rings. The monoisotopic (exact) mass is 354 g/mol. The number of aromatic nitrogens is 1. The summed E-state index contributed by atoms with van der Waals surface area (Å²) in [5.41, 5.74) is 4.40. The van der Waals surface area contributed by atoms with Gasteiger partial charge in [0.05, 0.1) is 5.52 Å². The molecular formula is C20H22N2O4. The Bertz CT molecular complexity index is 1020. The van der Waals surface area contributed by atoms with Crippen LogP contribution in [-0.4, -0.2) is 16.3 Å². The number of nitrogens with zero attached hydrogens (tertiary/aromatic N) is 1. The van der Waals surface area contributed by atoms with E-state index in [1.807, 2.05) is 64.1 Å². The van der Waals surface area contributed by atoms with Gasteiger partial charge in [0, 0.05) is 12.7 Å². The molecule has 0 atom stereocenters. The zero-order valence-corrected chi connectivity index (χ0v) is 15.5. The second-order valence-electron chi connectivity index (χ2n) is 7.27. The van der Waals surface area contributed by atoms with Crippen molar-refractivity contribution in [2.24, 2.45) is 7.05 Å². The van der Waals surface area contributed by atoms with E-state index in [1.54, 1.807) is 7.05 Å². The first-order valence-corrected chi connectivity index (χ1v) is 8.35. The number of oxazole rings is 1. The van der Waals surface area contributed by atoms with Crippen LogP contribution in [-0.2, 0) is 11.8 Å². The molecule has 1 heterocycles. The fraction of sp³-hybridized carbons (Fsp3) is 0.300. The van der Waals surface area contributed by atoms with Gasteiger partial charge < -0.3 is 9.15 Å². The number of carbonyl (C=O) groups excluding carboxylic acids is 1. The molecule has 0 radical (unpaired) electrons. The van der Waals surface area contributed by atoms with E-state index < -0.39 is 11.7 Å². The molecule has 0 aliphatic carbocycles. The highest BCUT2D eigenvalue weighted by Gasteiger charge is 2.16. The summed E-state index contributed by atoms with van der Waals surface area (Å²) in [6.07, 6.45) is -0.490. The standard InChI is InChI=1S/C20H22N2O4/c1-12-10-17-16(22(5)19(24)25-17)11-15(12)13-6-8-14(9-7-13)21-18(23)26-20(2,3)4/h6-11H,1-5H3,(H,21,23). The molecule has 0 aliphatic rings. The van der Waals surface area contributed by atoms with Crippen molar-refractivity contribution in [1.29, 1.82) is 0 Å². The van der Waals surface area contributed by atoms with E-state index in [0.29, 0.717) is 11.3 Å². The summed E-state index contributed by atoms with van der Waals surface area (Å²) in [5.74, 6) is -0.381.